The first-order valence-corrected chi connectivity index (χ1v) is 5.84. The van der Waals surface area contributed by atoms with Gasteiger partial charge in [0, 0.05) is 5.56 Å². The molecule has 2 nitrogen and oxygen atoms in total. The number of hydrogen-bond donors (Lipinski definition) is 0. The van der Waals surface area contributed by atoms with Crippen molar-refractivity contribution in [1.29, 1.82) is 0 Å². The number of hydrogen-bond acceptors (Lipinski definition) is 3. The fourth-order valence-corrected chi connectivity index (χ4v) is 2.39. The van der Waals surface area contributed by atoms with E-state index in [1.807, 2.05) is 42.6 Å². The summed E-state index contributed by atoms with van der Waals surface area (Å²) in [6, 6.07) is 9.40. The molecule has 0 aliphatic rings. The Morgan fingerprint density at radius 3 is 2.69 bits per heavy atom. The van der Waals surface area contributed by atoms with Gasteiger partial charge in [-0.25, -0.2) is 0 Å². The van der Waals surface area contributed by atoms with Gasteiger partial charge in [0.25, 0.3) is 0 Å². The Bertz CT molecular complexity index is 514. The van der Waals surface area contributed by atoms with Crippen LogP contribution >= 0.6 is 11.3 Å². The predicted octanol–water partition coefficient (Wildman–Crippen LogP) is 3.30. The molecule has 0 unspecified atom stereocenters. The summed E-state index contributed by atoms with van der Waals surface area (Å²) in [7, 11) is 1.58. The van der Waals surface area contributed by atoms with Gasteiger partial charge in [0.05, 0.1) is 7.11 Å². The second kappa shape index (κ2) is 4.49. The van der Waals surface area contributed by atoms with Gasteiger partial charge in [-0.1, -0.05) is 24.3 Å². The van der Waals surface area contributed by atoms with E-state index in [9.17, 15) is 4.79 Å². The number of benzene rings is 1. The van der Waals surface area contributed by atoms with E-state index in [1.165, 1.54) is 11.3 Å². The zero-order valence-corrected chi connectivity index (χ0v) is 10.0. The van der Waals surface area contributed by atoms with Gasteiger partial charge in [0.1, 0.15) is 10.6 Å². The summed E-state index contributed by atoms with van der Waals surface area (Å²) in [6.45, 7) is 1.94. The van der Waals surface area contributed by atoms with Crippen LogP contribution < -0.4 is 4.74 Å². The number of carbonyl (C=O) groups is 1. The summed E-state index contributed by atoms with van der Waals surface area (Å²) < 4.78 is 5.16. The van der Waals surface area contributed by atoms with Crippen molar-refractivity contribution < 1.29 is 9.53 Å². The number of methoxy groups -OCH3 is 1. The van der Waals surface area contributed by atoms with E-state index < -0.39 is 0 Å². The minimum absolute atomic E-state index is 0.0324. The zero-order valence-electron chi connectivity index (χ0n) is 9.19. The van der Waals surface area contributed by atoms with Crippen molar-refractivity contribution in [2.75, 3.05) is 7.11 Å². The summed E-state index contributed by atoms with van der Waals surface area (Å²) >= 11 is 1.41. The van der Waals surface area contributed by atoms with Crippen molar-refractivity contribution >= 4 is 17.1 Å². The molecule has 1 aromatic carbocycles. The normalized spacial score (nSPS) is 10.1. The Balaban J connectivity index is 2.44. The highest BCUT2D eigenvalue weighted by atomic mass is 32.1. The molecule has 0 aliphatic heterocycles. The van der Waals surface area contributed by atoms with Crippen LogP contribution in [0.3, 0.4) is 0 Å². The van der Waals surface area contributed by atoms with Gasteiger partial charge in [-0.15, -0.1) is 11.3 Å². The first-order valence-electron chi connectivity index (χ1n) is 4.96. The molecule has 0 saturated carbocycles. The molecule has 2 aromatic rings. The Morgan fingerprint density at radius 2 is 2.00 bits per heavy atom. The van der Waals surface area contributed by atoms with Crippen molar-refractivity contribution in [3.05, 3.63) is 51.7 Å². The highest BCUT2D eigenvalue weighted by Gasteiger charge is 2.17. The van der Waals surface area contributed by atoms with E-state index in [4.69, 9.17) is 4.74 Å². The Morgan fingerprint density at radius 1 is 1.25 bits per heavy atom. The number of ether oxygens (including phenoxy) is 1. The van der Waals surface area contributed by atoms with Crippen LogP contribution in [0.4, 0.5) is 0 Å². The van der Waals surface area contributed by atoms with Gasteiger partial charge in [0.2, 0.25) is 5.78 Å². The summed E-state index contributed by atoms with van der Waals surface area (Å²) in [4.78, 5) is 12.9. The third kappa shape index (κ3) is 1.86. The molecule has 16 heavy (non-hydrogen) atoms. The molecular formula is C13H12O2S. The maximum atomic E-state index is 12.2. The van der Waals surface area contributed by atoms with Gasteiger partial charge >= 0.3 is 0 Å². The van der Waals surface area contributed by atoms with E-state index in [0.29, 0.717) is 10.6 Å². The second-order valence-corrected chi connectivity index (χ2v) is 4.38. The van der Waals surface area contributed by atoms with Crippen LogP contribution in [0.25, 0.3) is 0 Å². The highest BCUT2D eigenvalue weighted by molar-refractivity contribution is 7.12. The number of thiophene rings is 1. The Kier molecular flexibility index (Phi) is 3.06. The van der Waals surface area contributed by atoms with Crippen LogP contribution in [0.15, 0.2) is 35.7 Å². The lowest BCUT2D eigenvalue weighted by Gasteiger charge is -2.04. The average Bonchev–Trinajstić information content (AvgIpc) is 2.77. The summed E-state index contributed by atoms with van der Waals surface area (Å²) in [6.07, 6.45) is 0. The van der Waals surface area contributed by atoms with Gasteiger partial charge in [-0.3, -0.25) is 4.79 Å². The fraction of sp³-hybridized carbons (Fsp3) is 0.154. The molecule has 3 heteroatoms. The van der Waals surface area contributed by atoms with Gasteiger partial charge in [0.15, 0.2) is 0 Å². The molecule has 1 aromatic heterocycles. The molecule has 0 N–H and O–H groups in total. The molecule has 0 radical (unpaired) electrons. The van der Waals surface area contributed by atoms with Gasteiger partial charge in [-0.2, -0.15) is 0 Å². The second-order valence-electron chi connectivity index (χ2n) is 3.46. The average molecular weight is 232 g/mol. The van der Waals surface area contributed by atoms with Crippen molar-refractivity contribution in [2.24, 2.45) is 0 Å². The molecule has 2 rings (SSSR count). The van der Waals surface area contributed by atoms with Crippen LogP contribution in [-0.4, -0.2) is 12.9 Å². The van der Waals surface area contributed by atoms with E-state index >= 15 is 0 Å². The summed E-state index contributed by atoms with van der Waals surface area (Å²) in [5.74, 6) is 0.684. The number of rotatable bonds is 3. The van der Waals surface area contributed by atoms with E-state index in [-0.39, 0.29) is 5.78 Å². The van der Waals surface area contributed by atoms with Crippen molar-refractivity contribution in [3.63, 3.8) is 0 Å². The lowest BCUT2D eigenvalue weighted by molar-refractivity contribution is 0.103. The van der Waals surface area contributed by atoms with E-state index in [2.05, 4.69) is 0 Å². The number of aryl methyl sites for hydroxylation is 1. The maximum absolute atomic E-state index is 12.2. The summed E-state index contributed by atoms with van der Waals surface area (Å²) in [5.41, 5.74) is 1.73. The first kappa shape index (κ1) is 10.9. The van der Waals surface area contributed by atoms with Crippen molar-refractivity contribution in [1.82, 2.24) is 0 Å². The van der Waals surface area contributed by atoms with Gasteiger partial charge in [-0.05, 0) is 23.9 Å². The minimum Gasteiger partial charge on any atom is -0.495 e. The summed E-state index contributed by atoms with van der Waals surface area (Å²) in [5, 5.41) is 1.87. The topological polar surface area (TPSA) is 26.3 Å². The molecule has 0 bridgehead atoms. The number of ketones is 1. The molecule has 1 heterocycles. The lowest BCUT2D eigenvalue weighted by atomic mass is 10.0. The molecule has 82 valence electrons. The van der Waals surface area contributed by atoms with Crippen LogP contribution in [0.2, 0.25) is 0 Å². The van der Waals surface area contributed by atoms with Crippen LogP contribution in [0.5, 0.6) is 5.75 Å². The molecule has 0 spiro atoms. The number of carbonyl (C=O) groups excluding carboxylic acids is 1. The third-order valence-electron chi connectivity index (χ3n) is 2.44. The lowest BCUT2D eigenvalue weighted by Crippen LogP contribution is -2.02. The Labute approximate surface area is 98.5 Å². The standard InChI is InChI=1S/C13H12O2S/c1-9-5-3-4-6-10(9)12(14)13-11(15-2)7-8-16-13/h3-8H,1-2H3. The third-order valence-corrected chi connectivity index (χ3v) is 3.34. The molecule has 0 aliphatic carbocycles. The van der Waals surface area contributed by atoms with Gasteiger partial charge < -0.3 is 4.74 Å². The quantitative estimate of drug-likeness (QED) is 0.759. The molecule has 0 fully saturated rings. The zero-order chi connectivity index (χ0) is 11.5. The monoisotopic (exact) mass is 232 g/mol. The maximum Gasteiger partial charge on any atom is 0.206 e. The molecule has 0 saturated heterocycles. The van der Waals surface area contributed by atoms with E-state index in [0.717, 1.165) is 11.1 Å². The Hall–Kier alpha value is -1.61. The first-order chi connectivity index (χ1) is 7.74. The molecule has 0 atom stereocenters. The highest BCUT2D eigenvalue weighted by Crippen LogP contribution is 2.27. The van der Waals surface area contributed by atoms with Crippen LogP contribution in [0, 0.1) is 6.92 Å². The largest absolute Gasteiger partial charge is 0.495 e. The smallest absolute Gasteiger partial charge is 0.206 e. The molecular weight excluding hydrogens is 220 g/mol. The SMILES string of the molecule is COc1ccsc1C(=O)c1ccccc1C. The fourth-order valence-electron chi connectivity index (χ4n) is 1.57. The van der Waals surface area contributed by atoms with Crippen LogP contribution in [-0.2, 0) is 0 Å². The van der Waals surface area contributed by atoms with Crippen LogP contribution in [0.1, 0.15) is 20.8 Å². The van der Waals surface area contributed by atoms with Crippen molar-refractivity contribution in [3.8, 4) is 5.75 Å². The van der Waals surface area contributed by atoms with Crippen molar-refractivity contribution in [2.45, 2.75) is 6.92 Å². The minimum atomic E-state index is 0.0324. The molecule has 0 amide bonds. The van der Waals surface area contributed by atoms with E-state index in [1.54, 1.807) is 7.11 Å². The predicted molar refractivity (Wildman–Crippen MR) is 65.5 cm³/mol.